The Balaban J connectivity index is 2.35. The number of amides is 1. The number of primary amides is 1. The van der Waals surface area contributed by atoms with E-state index in [1.54, 1.807) is 10.8 Å². The molecule has 0 saturated carbocycles. The molecule has 4 nitrogen and oxygen atoms in total. The van der Waals surface area contributed by atoms with E-state index in [1.807, 2.05) is 30.3 Å². The van der Waals surface area contributed by atoms with E-state index in [-0.39, 0.29) is 17.0 Å². The zero-order valence-corrected chi connectivity index (χ0v) is 11.9. The van der Waals surface area contributed by atoms with Crippen molar-refractivity contribution in [3.8, 4) is 0 Å². The van der Waals surface area contributed by atoms with Crippen molar-refractivity contribution < 1.29 is 4.79 Å². The van der Waals surface area contributed by atoms with Crippen LogP contribution >= 0.6 is 11.6 Å². The molecule has 0 bridgehead atoms. The van der Waals surface area contributed by atoms with E-state index in [0.29, 0.717) is 11.6 Å². The molecule has 0 spiro atoms. The lowest BCUT2D eigenvalue weighted by Gasteiger charge is -2.16. The van der Waals surface area contributed by atoms with Gasteiger partial charge in [-0.05, 0) is 17.5 Å². The van der Waals surface area contributed by atoms with Crippen LogP contribution in [-0.2, 0) is 6.54 Å². The summed E-state index contributed by atoms with van der Waals surface area (Å²) in [5, 5.41) is 8.43. The van der Waals surface area contributed by atoms with Gasteiger partial charge in [0.05, 0.1) is 10.6 Å². The van der Waals surface area contributed by atoms with E-state index < -0.39 is 5.91 Å². The van der Waals surface area contributed by atoms with Gasteiger partial charge in [-0.1, -0.05) is 48.9 Å². The van der Waals surface area contributed by atoms with Gasteiger partial charge in [-0.25, -0.2) is 0 Å². The monoisotopic (exact) mass is 289 g/mol. The molecule has 104 valence electrons. The third-order valence-electron chi connectivity index (χ3n) is 3.21. The van der Waals surface area contributed by atoms with Gasteiger partial charge in [0, 0.05) is 12.7 Å². The van der Waals surface area contributed by atoms with Crippen molar-refractivity contribution >= 4 is 17.5 Å². The fraction of sp³-hybridized carbons (Fsp3) is 0.200. The third kappa shape index (κ3) is 3.08. The number of nitrogens with two attached hydrogens (primary N) is 1. The predicted octanol–water partition coefficient (Wildman–Crippen LogP) is 2.52. The van der Waals surface area contributed by atoms with Crippen LogP contribution in [0.1, 0.15) is 28.8 Å². The van der Waals surface area contributed by atoms with E-state index in [0.717, 1.165) is 0 Å². The first kappa shape index (κ1) is 14.3. The summed E-state index contributed by atoms with van der Waals surface area (Å²) in [6.07, 6.45) is 1.65. The number of carbonyl (C=O) groups excluding carboxylic acids is 1. The summed E-state index contributed by atoms with van der Waals surface area (Å²) >= 11 is 5.98. The lowest BCUT2D eigenvalue weighted by molar-refractivity contribution is 0.0997. The van der Waals surface area contributed by atoms with Gasteiger partial charge in [-0.2, -0.15) is 0 Å². The summed E-state index contributed by atoms with van der Waals surface area (Å²) in [6, 6.07) is 11.4. The molecule has 5 heteroatoms. The Morgan fingerprint density at radius 1 is 1.40 bits per heavy atom. The van der Waals surface area contributed by atoms with Crippen LogP contribution in [0, 0.1) is 5.41 Å². The fourth-order valence-electron chi connectivity index (χ4n) is 2.13. The largest absolute Gasteiger partial charge is 0.365 e. The van der Waals surface area contributed by atoms with Crippen molar-refractivity contribution in [1.82, 2.24) is 4.57 Å². The molecule has 1 atom stereocenters. The molecule has 0 radical (unpaired) electrons. The fourth-order valence-corrected chi connectivity index (χ4v) is 2.35. The third-order valence-corrected chi connectivity index (χ3v) is 3.42. The van der Waals surface area contributed by atoms with Crippen molar-refractivity contribution in [2.24, 2.45) is 5.73 Å². The lowest BCUT2D eigenvalue weighted by atomic mass is 10.0. The summed E-state index contributed by atoms with van der Waals surface area (Å²) in [4.78, 5) is 11.3. The van der Waals surface area contributed by atoms with Crippen molar-refractivity contribution in [2.45, 2.75) is 19.4 Å². The van der Waals surface area contributed by atoms with Crippen LogP contribution < -0.4 is 11.2 Å². The maximum absolute atomic E-state index is 11.3. The van der Waals surface area contributed by atoms with Crippen LogP contribution in [0.15, 0.2) is 42.6 Å². The molecule has 1 aromatic heterocycles. The molecular formula is C15H16ClN3O. The number of nitrogens with one attached hydrogen (secondary N) is 1. The minimum atomic E-state index is -0.640. The molecule has 3 N–H and O–H groups in total. The number of rotatable bonds is 4. The number of hydrogen-bond acceptors (Lipinski definition) is 2. The Kier molecular flexibility index (Phi) is 4.25. The second-order valence-corrected chi connectivity index (χ2v) is 5.19. The maximum atomic E-state index is 11.3. The molecule has 2 aromatic rings. The molecular weight excluding hydrogens is 274 g/mol. The Morgan fingerprint density at radius 3 is 2.65 bits per heavy atom. The number of aromatic nitrogens is 1. The first-order chi connectivity index (χ1) is 9.49. The summed E-state index contributed by atoms with van der Waals surface area (Å²) < 4.78 is 1.65. The minimum absolute atomic E-state index is 0.0877. The van der Waals surface area contributed by atoms with Crippen molar-refractivity contribution in [2.75, 3.05) is 0 Å². The Bertz CT molecular complexity index is 679. The average Bonchev–Trinajstić information content (AvgIpc) is 2.43. The Labute approximate surface area is 122 Å². The molecule has 0 aliphatic rings. The van der Waals surface area contributed by atoms with E-state index >= 15 is 0 Å². The number of hydrogen-bond donors (Lipinski definition) is 2. The number of pyridine rings is 1. The van der Waals surface area contributed by atoms with Gasteiger partial charge in [-0.3, -0.25) is 10.2 Å². The second kappa shape index (κ2) is 5.92. The van der Waals surface area contributed by atoms with E-state index in [9.17, 15) is 4.79 Å². The molecule has 1 aromatic carbocycles. The average molecular weight is 290 g/mol. The second-order valence-electron chi connectivity index (χ2n) is 4.75. The van der Waals surface area contributed by atoms with Gasteiger partial charge < -0.3 is 10.3 Å². The van der Waals surface area contributed by atoms with Crippen LogP contribution in [0.4, 0.5) is 0 Å². The molecule has 2 rings (SSSR count). The van der Waals surface area contributed by atoms with E-state index in [1.165, 1.54) is 11.6 Å². The van der Waals surface area contributed by atoms with Crippen LogP contribution in [0.5, 0.6) is 0 Å². The van der Waals surface area contributed by atoms with Gasteiger partial charge in [-0.15, -0.1) is 0 Å². The zero-order chi connectivity index (χ0) is 14.7. The van der Waals surface area contributed by atoms with Crippen molar-refractivity contribution in [3.63, 3.8) is 0 Å². The molecule has 0 aliphatic heterocycles. The van der Waals surface area contributed by atoms with Gasteiger partial charge >= 0.3 is 0 Å². The molecule has 1 heterocycles. The first-order valence-corrected chi connectivity index (χ1v) is 6.66. The van der Waals surface area contributed by atoms with E-state index in [4.69, 9.17) is 22.7 Å². The topological polar surface area (TPSA) is 71.9 Å². The minimum Gasteiger partial charge on any atom is -0.365 e. The lowest BCUT2D eigenvalue weighted by Crippen LogP contribution is -2.30. The number of carbonyl (C=O) groups is 1. The summed E-state index contributed by atoms with van der Waals surface area (Å²) in [6.45, 7) is 2.62. The summed E-state index contributed by atoms with van der Waals surface area (Å²) in [5.74, 6) is -0.442. The van der Waals surface area contributed by atoms with Crippen LogP contribution in [0.2, 0.25) is 5.02 Å². The molecule has 0 fully saturated rings. The van der Waals surface area contributed by atoms with Gasteiger partial charge in [0.1, 0.15) is 5.49 Å². The molecule has 0 saturated heterocycles. The molecule has 20 heavy (non-hydrogen) atoms. The molecule has 1 amide bonds. The normalized spacial score (nSPS) is 12.1. The highest BCUT2D eigenvalue weighted by Gasteiger charge is 2.11. The highest BCUT2D eigenvalue weighted by molar-refractivity contribution is 6.30. The van der Waals surface area contributed by atoms with Crippen LogP contribution in [0.25, 0.3) is 0 Å². The predicted molar refractivity (Wildman–Crippen MR) is 78.7 cm³/mol. The quantitative estimate of drug-likeness (QED) is 0.892. The highest BCUT2D eigenvalue weighted by Crippen LogP contribution is 2.17. The summed E-state index contributed by atoms with van der Waals surface area (Å²) in [7, 11) is 0. The number of halogens is 1. The van der Waals surface area contributed by atoms with Gasteiger partial charge in [0.25, 0.3) is 5.91 Å². The van der Waals surface area contributed by atoms with Gasteiger partial charge in [0.2, 0.25) is 0 Å². The Hall–Kier alpha value is -2.07. The standard InChI is InChI=1S/C15H16ClN3O/c1-10(11-5-3-2-4-6-11)8-19-9-12(16)7-13(14(19)17)15(18)20/h2-7,9-10,17H,8H2,1H3,(H2,18,20). The SMILES string of the molecule is CC(Cn1cc(Cl)cc(C(N)=O)c1=N)c1ccccc1. The number of nitrogens with zero attached hydrogens (tertiary/aromatic N) is 1. The molecule has 1 unspecified atom stereocenters. The van der Waals surface area contributed by atoms with Gasteiger partial charge in [0.15, 0.2) is 0 Å². The Morgan fingerprint density at radius 2 is 2.05 bits per heavy atom. The summed E-state index contributed by atoms with van der Waals surface area (Å²) in [5.41, 5.74) is 6.65. The highest BCUT2D eigenvalue weighted by atomic mass is 35.5. The van der Waals surface area contributed by atoms with Crippen molar-refractivity contribution in [1.29, 1.82) is 5.41 Å². The maximum Gasteiger partial charge on any atom is 0.252 e. The zero-order valence-electron chi connectivity index (χ0n) is 11.1. The van der Waals surface area contributed by atoms with Crippen LogP contribution in [0.3, 0.4) is 0 Å². The smallest absolute Gasteiger partial charge is 0.252 e. The molecule has 0 aliphatic carbocycles. The number of benzene rings is 1. The van der Waals surface area contributed by atoms with Crippen LogP contribution in [-0.4, -0.2) is 10.5 Å². The first-order valence-electron chi connectivity index (χ1n) is 6.28. The van der Waals surface area contributed by atoms with E-state index in [2.05, 4.69) is 6.92 Å². The van der Waals surface area contributed by atoms with Crippen molar-refractivity contribution in [3.05, 3.63) is 64.2 Å².